The Bertz CT molecular complexity index is 560. The van der Waals surface area contributed by atoms with E-state index in [0.717, 1.165) is 0 Å². The zero-order valence-electron chi connectivity index (χ0n) is 10.9. The van der Waals surface area contributed by atoms with Crippen LogP contribution in [0.4, 0.5) is 5.69 Å². The van der Waals surface area contributed by atoms with Crippen molar-refractivity contribution in [1.82, 2.24) is 4.90 Å². The molecule has 0 spiro atoms. The van der Waals surface area contributed by atoms with Gasteiger partial charge in [0.25, 0.3) is 5.91 Å². The fourth-order valence-electron chi connectivity index (χ4n) is 2.19. The second kappa shape index (κ2) is 5.11. The predicted molar refractivity (Wildman–Crippen MR) is 70.2 cm³/mol. The summed E-state index contributed by atoms with van der Waals surface area (Å²) < 4.78 is 0. The maximum atomic E-state index is 12.1. The number of hydrogen-bond acceptors (Lipinski definition) is 4. The van der Waals surface area contributed by atoms with Crippen LogP contribution in [0.25, 0.3) is 0 Å². The SMILES string of the molecule is CC(C)N1C(=O)CC(Nc2cccc(C#N)c2)C1=O. The Labute approximate surface area is 111 Å². The van der Waals surface area contributed by atoms with Crippen molar-refractivity contribution in [2.24, 2.45) is 0 Å². The highest BCUT2D eigenvalue weighted by Gasteiger charge is 2.39. The first-order chi connectivity index (χ1) is 9.02. The minimum atomic E-state index is -0.538. The zero-order chi connectivity index (χ0) is 14.0. The average Bonchev–Trinajstić information content (AvgIpc) is 2.64. The molecule has 2 amide bonds. The van der Waals surface area contributed by atoms with Crippen molar-refractivity contribution in [3.8, 4) is 6.07 Å². The molecule has 19 heavy (non-hydrogen) atoms. The summed E-state index contributed by atoms with van der Waals surface area (Å²) in [7, 11) is 0. The molecule has 5 heteroatoms. The summed E-state index contributed by atoms with van der Waals surface area (Å²) in [6.45, 7) is 3.63. The molecular formula is C14H15N3O2. The summed E-state index contributed by atoms with van der Waals surface area (Å²) in [4.78, 5) is 25.1. The number of amides is 2. The van der Waals surface area contributed by atoms with Gasteiger partial charge in [-0.2, -0.15) is 5.26 Å². The van der Waals surface area contributed by atoms with E-state index >= 15 is 0 Å². The van der Waals surface area contributed by atoms with Gasteiger partial charge in [-0.05, 0) is 32.0 Å². The molecule has 1 atom stereocenters. The van der Waals surface area contributed by atoms with E-state index in [0.29, 0.717) is 11.3 Å². The Morgan fingerprint density at radius 2 is 2.16 bits per heavy atom. The summed E-state index contributed by atoms with van der Waals surface area (Å²) in [6.07, 6.45) is 0.161. The van der Waals surface area contributed by atoms with Gasteiger partial charge in [0.1, 0.15) is 6.04 Å². The third-order valence-electron chi connectivity index (χ3n) is 3.03. The number of nitriles is 1. The van der Waals surface area contributed by atoms with Crippen molar-refractivity contribution in [3.05, 3.63) is 29.8 Å². The van der Waals surface area contributed by atoms with Crippen molar-refractivity contribution in [2.75, 3.05) is 5.32 Å². The van der Waals surface area contributed by atoms with Gasteiger partial charge < -0.3 is 5.32 Å². The minimum absolute atomic E-state index is 0.128. The van der Waals surface area contributed by atoms with E-state index in [-0.39, 0.29) is 24.3 Å². The summed E-state index contributed by atoms with van der Waals surface area (Å²) in [6, 6.07) is 8.23. The van der Waals surface area contributed by atoms with Crippen LogP contribution in [0.2, 0.25) is 0 Å². The summed E-state index contributed by atoms with van der Waals surface area (Å²) >= 11 is 0. The van der Waals surface area contributed by atoms with Crippen LogP contribution in [0.5, 0.6) is 0 Å². The highest BCUT2D eigenvalue weighted by molar-refractivity contribution is 6.07. The zero-order valence-corrected chi connectivity index (χ0v) is 10.9. The van der Waals surface area contributed by atoms with Crippen molar-refractivity contribution in [3.63, 3.8) is 0 Å². The van der Waals surface area contributed by atoms with E-state index in [1.54, 1.807) is 24.3 Å². The monoisotopic (exact) mass is 257 g/mol. The van der Waals surface area contributed by atoms with Gasteiger partial charge in [-0.3, -0.25) is 14.5 Å². The van der Waals surface area contributed by atoms with Crippen LogP contribution < -0.4 is 5.32 Å². The summed E-state index contributed by atoms with van der Waals surface area (Å²) in [5.41, 5.74) is 1.19. The van der Waals surface area contributed by atoms with Crippen molar-refractivity contribution < 1.29 is 9.59 Å². The van der Waals surface area contributed by atoms with Gasteiger partial charge in [-0.1, -0.05) is 6.07 Å². The molecular weight excluding hydrogens is 242 g/mol. The van der Waals surface area contributed by atoms with Crippen LogP contribution in [-0.4, -0.2) is 28.8 Å². The highest BCUT2D eigenvalue weighted by Crippen LogP contribution is 2.20. The van der Waals surface area contributed by atoms with Gasteiger partial charge in [0.2, 0.25) is 5.91 Å². The van der Waals surface area contributed by atoms with E-state index in [1.165, 1.54) is 4.90 Å². The number of benzene rings is 1. The minimum Gasteiger partial charge on any atom is -0.373 e. The van der Waals surface area contributed by atoms with Gasteiger partial charge in [-0.25, -0.2) is 0 Å². The maximum absolute atomic E-state index is 12.1. The first-order valence-electron chi connectivity index (χ1n) is 6.15. The van der Waals surface area contributed by atoms with Crippen LogP contribution in [0.1, 0.15) is 25.8 Å². The quantitative estimate of drug-likeness (QED) is 0.833. The molecule has 1 saturated heterocycles. The highest BCUT2D eigenvalue weighted by atomic mass is 16.2. The van der Waals surface area contributed by atoms with Crippen molar-refractivity contribution in [2.45, 2.75) is 32.4 Å². The topological polar surface area (TPSA) is 73.2 Å². The third-order valence-corrected chi connectivity index (χ3v) is 3.03. The first kappa shape index (κ1) is 13.1. The van der Waals surface area contributed by atoms with Gasteiger partial charge in [-0.15, -0.1) is 0 Å². The van der Waals surface area contributed by atoms with Crippen molar-refractivity contribution in [1.29, 1.82) is 5.26 Å². The van der Waals surface area contributed by atoms with Crippen LogP contribution in [-0.2, 0) is 9.59 Å². The molecule has 98 valence electrons. The molecule has 1 aromatic rings. The lowest BCUT2D eigenvalue weighted by Gasteiger charge is -2.19. The Morgan fingerprint density at radius 3 is 2.74 bits per heavy atom. The number of hydrogen-bond donors (Lipinski definition) is 1. The number of anilines is 1. The molecule has 1 aliphatic heterocycles. The molecule has 5 nitrogen and oxygen atoms in total. The Morgan fingerprint density at radius 1 is 1.42 bits per heavy atom. The number of carbonyl (C=O) groups excluding carboxylic acids is 2. The van der Waals surface area contributed by atoms with E-state index in [4.69, 9.17) is 5.26 Å². The molecule has 1 aromatic carbocycles. The Kier molecular flexibility index (Phi) is 3.52. The second-order valence-electron chi connectivity index (χ2n) is 4.79. The molecule has 0 aromatic heterocycles. The average molecular weight is 257 g/mol. The lowest BCUT2D eigenvalue weighted by molar-refractivity contribution is -0.140. The smallest absolute Gasteiger partial charge is 0.252 e. The fraction of sp³-hybridized carbons (Fsp3) is 0.357. The lowest BCUT2D eigenvalue weighted by atomic mass is 10.2. The summed E-state index contributed by atoms with van der Waals surface area (Å²) in [5.74, 6) is -0.365. The number of imide groups is 1. The predicted octanol–water partition coefficient (Wildman–Crippen LogP) is 1.51. The van der Waals surface area contributed by atoms with Crippen LogP contribution in [0, 0.1) is 11.3 Å². The molecule has 1 heterocycles. The van der Waals surface area contributed by atoms with Gasteiger partial charge in [0, 0.05) is 11.7 Å². The molecule has 0 aliphatic carbocycles. The molecule has 2 rings (SSSR count). The molecule has 1 unspecified atom stereocenters. The Balaban J connectivity index is 2.14. The van der Waals surface area contributed by atoms with E-state index < -0.39 is 6.04 Å². The molecule has 0 radical (unpaired) electrons. The molecule has 1 aliphatic rings. The summed E-state index contributed by atoms with van der Waals surface area (Å²) in [5, 5.41) is 11.8. The molecule has 1 fully saturated rings. The van der Waals surface area contributed by atoms with E-state index in [2.05, 4.69) is 5.32 Å². The van der Waals surface area contributed by atoms with E-state index in [1.807, 2.05) is 19.9 Å². The van der Waals surface area contributed by atoms with Crippen molar-refractivity contribution >= 4 is 17.5 Å². The van der Waals surface area contributed by atoms with Crippen LogP contribution in [0.15, 0.2) is 24.3 Å². The number of likely N-dealkylation sites (tertiary alicyclic amines) is 1. The Hall–Kier alpha value is -2.35. The van der Waals surface area contributed by atoms with Gasteiger partial charge in [0.15, 0.2) is 0 Å². The number of carbonyl (C=O) groups is 2. The van der Waals surface area contributed by atoms with Crippen LogP contribution in [0.3, 0.4) is 0 Å². The first-order valence-corrected chi connectivity index (χ1v) is 6.15. The largest absolute Gasteiger partial charge is 0.373 e. The number of nitrogens with zero attached hydrogens (tertiary/aromatic N) is 2. The molecule has 0 bridgehead atoms. The standard InChI is InChI=1S/C14H15N3O2/c1-9(2)17-13(18)7-12(14(17)19)16-11-5-3-4-10(6-11)8-15/h3-6,9,12,16H,7H2,1-2H3. The lowest BCUT2D eigenvalue weighted by Crippen LogP contribution is -2.39. The van der Waals surface area contributed by atoms with E-state index in [9.17, 15) is 9.59 Å². The maximum Gasteiger partial charge on any atom is 0.252 e. The van der Waals surface area contributed by atoms with Gasteiger partial charge >= 0.3 is 0 Å². The number of rotatable bonds is 3. The van der Waals surface area contributed by atoms with Gasteiger partial charge in [0.05, 0.1) is 18.1 Å². The van der Waals surface area contributed by atoms with Crippen LogP contribution >= 0.6 is 0 Å². The second-order valence-corrected chi connectivity index (χ2v) is 4.79. The number of nitrogens with one attached hydrogen (secondary N) is 1. The normalized spacial score (nSPS) is 18.8. The third kappa shape index (κ3) is 2.58. The molecule has 0 saturated carbocycles. The molecule has 1 N–H and O–H groups in total. The fourth-order valence-corrected chi connectivity index (χ4v) is 2.19.